The van der Waals surface area contributed by atoms with Crippen LogP contribution in [0.5, 0.6) is 5.75 Å². The molecule has 62 heavy (non-hydrogen) atoms. The van der Waals surface area contributed by atoms with Crippen LogP contribution in [0.15, 0.2) is 76.3 Å². The van der Waals surface area contributed by atoms with Gasteiger partial charge in [0.1, 0.15) is 23.3 Å². The normalized spacial score (nSPS) is 17.4. The van der Waals surface area contributed by atoms with Crippen LogP contribution < -0.4 is 20.7 Å². The van der Waals surface area contributed by atoms with E-state index in [0.717, 1.165) is 31.1 Å². The van der Waals surface area contributed by atoms with Crippen LogP contribution in [-0.2, 0) is 29.6 Å². The number of para-hydroxylation sites is 1. The number of ether oxygens (including phenoxy) is 2. The van der Waals surface area contributed by atoms with Crippen molar-refractivity contribution in [3.63, 3.8) is 0 Å². The van der Waals surface area contributed by atoms with Gasteiger partial charge in [-0.1, -0.05) is 113 Å². The summed E-state index contributed by atoms with van der Waals surface area (Å²) >= 11 is 0. The fraction of sp³-hybridized carbons (Fsp3) is 0.620. The summed E-state index contributed by atoms with van der Waals surface area (Å²) in [6.45, 7) is 30.0. The van der Waals surface area contributed by atoms with Crippen LogP contribution in [-0.4, -0.2) is 68.3 Å². The van der Waals surface area contributed by atoms with Gasteiger partial charge in [0.25, 0.3) is 11.8 Å². The molecule has 0 saturated heterocycles. The number of carbonyl (C=O) groups is 2. The van der Waals surface area contributed by atoms with Gasteiger partial charge >= 0.3 is 0 Å². The molecular formula is C50H78N4O7S. The number of hydrogen-bond acceptors (Lipinski definition) is 8. The Hall–Kier alpha value is -4.00. The molecule has 346 valence electrons. The number of sulfone groups is 1. The highest BCUT2D eigenvalue weighted by atomic mass is 32.2. The number of nitrogens with one attached hydrogen (secondary N) is 3. The van der Waals surface area contributed by atoms with Crippen LogP contribution >= 0.6 is 0 Å². The zero-order valence-corrected chi connectivity index (χ0v) is 41.2. The van der Waals surface area contributed by atoms with Crippen molar-refractivity contribution in [2.75, 3.05) is 24.7 Å². The average Bonchev–Trinajstić information content (AvgIpc) is 3.12. The molecule has 2 aromatic rings. The summed E-state index contributed by atoms with van der Waals surface area (Å²) in [7, 11) is -3.71. The first kappa shape index (κ1) is 52.3. The van der Waals surface area contributed by atoms with E-state index in [2.05, 4.69) is 103 Å². The maximum Gasteiger partial charge on any atom is 0.254 e. The lowest BCUT2D eigenvalue weighted by Gasteiger charge is -2.33. The largest absolute Gasteiger partial charge is 0.457 e. The zero-order chi connectivity index (χ0) is 46.8. The van der Waals surface area contributed by atoms with E-state index in [1.54, 1.807) is 19.1 Å². The number of aliphatic hydroxyl groups is 1. The first-order valence-electron chi connectivity index (χ1n) is 22.2. The molecule has 0 aromatic heterocycles. The van der Waals surface area contributed by atoms with Gasteiger partial charge in [-0.25, -0.2) is 13.4 Å². The molecule has 0 radical (unpaired) electrons. The molecule has 2 aromatic carbocycles. The summed E-state index contributed by atoms with van der Waals surface area (Å²) in [5.41, 5.74) is -0.357. The Morgan fingerprint density at radius 3 is 2.15 bits per heavy atom. The van der Waals surface area contributed by atoms with E-state index >= 15 is 0 Å². The van der Waals surface area contributed by atoms with Crippen LogP contribution in [0.1, 0.15) is 135 Å². The Labute approximate surface area is 373 Å². The second kappa shape index (κ2) is 21.6. The first-order valence-corrected chi connectivity index (χ1v) is 24.1. The molecule has 0 bridgehead atoms. The smallest absolute Gasteiger partial charge is 0.254 e. The van der Waals surface area contributed by atoms with Gasteiger partial charge in [0.15, 0.2) is 21.6 Å². The number of amides is 2. The third-order valence-corrected chi connectivity index (χ3v) is 12.0. The molecule has 0 heterocycles. The summed E-state index contributed by atoms with van der Waals surface area (Å²) < 4.78 is 38.9. The van der Waals surface area contributed by atoms with Crippen LogP contribution in [0.4, 0.5) is 11.4 Å². The number of carbonyl (C=O) groups excluding carboxylic acids is 2. The molecule has 0 aliphatic heterocycles. The van der Waals surface area contributed by atoms with Crippen LogP contribution in [0.2, 0.25) is 0 Å². The first-order chi connectivity index (χ1) is 28.5. The summed E-state index contributed by atoms with van der Waals surface area (Å²) in [5.74, 6) is 0.834. The Kier molecular flexibility index (Phi) is 18.2. The number of anilines is 1. The van der Waals surface area contributed by atoms with Gasteiger partial charge in [-0.2, -0.15) is 0 Å². The van der Waals surface area contributed by atoms with E-state index in [1.807, 2.05) is 30.4 Å². The minimum Gasteiger partial charge on any atom is -0.457 e. The topological polar surface area (TPSA) is 155 Å². The fourth-order valence-electron chi connectivity index (χ4n) is 7.85. The summed E-state index contributed by atoms with van der Waals surface area (Å²) in [4.78, 5) is 32.5. The Balaban J connectivity index is 2.04. The lowest BCUT2D eigenvalue weighted by molar-refractivity contribution is -0.138. The molecule has 0 spiro atoms. The minimum atomic E-state index is -3.71. The van der Waals surface area contributed by atoms with Crippen molar-refractivity contribution in [3.05, 3.63) is 72.0 Å². The van der Waals surface area contributed by atoms with Gasteiger partial charge in [-0.15, -0.1) is 0 Å². The second-order valence-corrected chi connectivity index (χ2v) is 23.3. The predicted molar refractivity (Wildman–Crippen MR) is 254 cm³/mol. The summed E-state index contributed by atoms with van der Waals surface area (Å²) in [5, 5.41) is 19.4. The van der Waals surface area contributed by atoms with Gasteiger partial charge < -0.3 is 30.5 Å². The summed E-state index contributed by atoms with van der Waals surface area (Å²) in [6.07, 6.45) is 11.7. The van der Waals surface area contributed by atoms with Crippen LogP contribution in [0.25, 0.3) is 0 Å². The Bertz CT molecular complexity index is 2030. The van der Waals surface area contributed by atoms with Gasteiger partial charge in [0.05, 0.1) is 22.9 Å². The van der Waals surface area contributed by atoms with Gasteiger partial charge in [-0.05, 0) is 116 Å². The molecule has 5 unspecified atom stereocenters. The molecule has 0 fully saturated rings. The quantitative estimate of drug-likeness (QED) is 0.0803. The monoisotopic (exact) mass is 879 g/mol. The van der Waals surface area contributed by atoms with E-state index < -0.39 is 33.3 Å². The van der Waals surface area contributed by atoms with Crippen molar-refractivity contribution in [1.82, 2.24) is 10.6 Å². The highest BCUT2D eigenvalue weighted by Crippen LogP contribution is 2.37. The SMILES string of the molecule is CCN/C(=N\c1ccccc1S(C)(=O)=O)C(NC(=O)C(C)(C)O)C(=O)Nc1cc(C(C)(C)C)ccc1OC1=CC=CCC1OCC(CCC(C)CC(C)(C)C)C(C)CC(C)(C)C. The van der Waals surface area contributed by atoms with Crippen molar-refractivity contribution < 1.29 is 32.6 Å². The molecule has 1 aliphatic rings. The number of likely N-dealkylation sites (N-methyl/N-ethyl adjacent to an activating group) is 1. The van der Waals surface area contributed by atoms with E-state index in [0.29, 0.717) is 48.0 Å². The fourth-order valence-corrected chi connectivity index (χ4v) is 8.67. The van der Waals surface area contributed by atoms with E-state index in [-0.39, 0.29) is 45.3 Å². The van der Waals surface area contributed by atoms with E-state index in [9.17, 15) is 23.1 Å². The molecule has 4 N–H and O–H groups in total. The highest BCUT2D eigenvalue weighted by Gasteiger charge is 2.34. The number of rotatable bonds is 19. The number of hydrogen-bond donors (Lipinski definition) is 4. The lowest BCUT2D eigenvalue weighted by Crippen LogP contribution is -2.57. The van der Waals surface area contributed by atoms with E-state index in [4.69, 9.17) is 9.47 Å². The molecule has 1 aliphatic carbocycles. The van der Waals surface area contributed by atoms with Crippen molar-refractivity contribution in [2.45, 2.75) is 157 Å². The van der Waals surface area contributed by atoms with Gasteiger partial charge in [-0.3, -0.25) is 9.59 Å². The molecule has 5 atom stereocenters. The minimum absolute atomic E-state index is 0.0234. The van der Waals surface area contributed by atoms with Crippen molar-refractivity contribution in [1.29, 1.82) is 0 Å². The van der Waals surface area contributed by atoms with Gasteiger partial charge in [0.2, 0.25) is 0 Å². The molecule has 0 saturated carbocycles. The third kappa shape index (κ3) is 16.9. The number of nitrogens with zero attached hydrogens (tertiary/aromatic N) is 1. The standard InChI is InChI=1S/C50H78N4O7S/c1-16-51-44(52-37-21-17-20-24-42(37)62(15,58)59)43(54-46(56)50(13,14)57)45(55)53-38-29-36(49(10,11)12)27-28-39(38)61-41-23-19-18-22-40(41)60-32-35(34(3)31-48(7,8)9)26-25-33(2)30-47(4,5)6/h17-21,23-24,27-29,33-35,40,43,57H,16,22,25-26,30-32H2,1-15H3,(H,51,52)(H,53,55)(H,54,56). The molecule has 3 rings (SSSR count). The van der Waals surface area contributed by atoms with E-state index in [1.165, 1.54) is 32.4 Å². The van der Waals surface area contributed by atoms with Crippen LogP contribution in [0.3, 0.4) is 0 Å². The number of allylic oxidation sites excluding steroid dienone is 2. The molecular weight excluding hydrogens is 801 g/mol. The number of amidine groups is 1. The zero-order valence-electron chi connectivity index (χ0n) is 40.4. The predicted octanol–water partition coefficient (Wildman–Crippen LogP) is 10.1. The average molecular weight is 879 g/mol. The highest BCUT2D eigenvalue weighted by molar-refractivity contribution is 7.90. The number of benzene rings is 2. The van der Waals surface area contributed by atoms with Gasteiger partial charge in [0, 0.05) is 12.8 Å². The number of aliphatic imine (C=N–C) groups is 1. The van der Waals surface area contributed by atoms with Crippen molar-refractivity contribution >= 4 is 38.9 Å². The Morgan fingerprint density at radius 2 is 1.56 bits per heavy atom. The van der Waals surface area contributed by atoms with Crippen molar-refractivity contribution in [3.8, 4) is 5.75 Å². The molecule has 11 nitrogen and oxygen atoms in total. The third-order valence-electron chi connectivity index (χ3n) is 10.9. The van der Waals surface area contributed by atoms with Crippen LogP contribution in [0, 0.1) is 28.6 Å². The maximum atomic E-state index is 14.6. The lowest BCUT2D eigenvalue weighted by atomic mass is 9.76. The van der Waals surface area contributed by atoms with Crippen molar-refractivity contribution in [2.24, 2.45) is 33.6 Å². The molecule has 12 heteroatoms. The maximum absolute atomic E-state index is 14.6. The Morgan fingerprint density at radius 1 is 0.919 bits per heavy atom. The second-order valence-electron chi connectivity index (χ2n) is 21.3. The summed E-state index contributed by atoms with van der Waals surface area (Å²) in [6, 6.07) is 10.3. The molecule has 2 amide bonds.